The highest BCUT2D eigenvalue weighted by atomic mass is 32.1. The topological polar surface area (TPSA) is 102 Å². The maximum Gasteiger partial charge on any atom is 0.207 e. The first-order chi connectivity index (χ1) is 19.6. The smallest absolute Gasteiger partial charge is 0.207 e. The molecule has 1 saturated heterocycles. The fourth-order valence-corrected chi connectivity index (χ4v) is 5.80. The molecule has 1 fully saturated rings. The van der Waals surface area contributed by atoms with Crippen molar-refractivity contribution in [2.45, 2.75) is 26.7 Å². The van der Waals surface area contributed by atoms with Crippen LogP contribution in [0, 0.1) is 13.8 Å². The molecule has 40 heavy (non-hydrogen) atoms. The van der Waals surface area contributed by atoms with Gasteiger partial charge in [-0.05, 0) is 61.7 Å². The van der Waals surface area contributed by atoms with Crippen molar-refractivity contribution in [2.75, 3.05) is 44.7 Å². The van der Waals surface area contributed by atoms with Gasteiger partial charge in [-0.25, -0.2) is 9.97 Å². The number of carbonyl (C=O) groups is 1. The van der Waals surface area contributed by atoms with Crippen molar-refractivity contribution in [3.8, 4) is 11.5 Å². The van der Waals surface area contributed by atoms with E-state index in [0.717, 1.165) is 90.0 Å². The molecule has 1 aromatic carbocycles. The Hall–Kier alpha value is -3.86. The molecule has 5 rings (SSSR count). The van der Waals surface area contributed by atoms with E-state index in [9.17, 15) is 4.79 Å². The van der Waals surface area contributed by atoms with E-state index in [4.69, 9.17) is 9.47 Å². The normalized spacial score (nSPS) is 14.1. The van der Waals surface area contributed by atoms with Crippen molar-refractivity contribution in [1.82, 2.24) is 25.2 Å². The van der Waals surface area contributed by atoms with Crippen molar-refractivity contribution in [3.05, 3.63) is 76.7 Å². The molecule has 208 valence electrons. The number of amides is 1. The molecular weight excluding hydrogens is 524 g/mol. The van der Waals surface area contributed by atoms with E-state index >= 15 is 0 Å². The predicted octanol–water partition coefficient (Wildman–Crippen LogP) is 4.96. The van der Waals surface area contributed by atoms with Crippen LogP contribution in [-0.4, -0.2) is 65.7 Å². The predicted molar refractivity (Wildman–Crippen MR) is 159 cm³/mol. The van der Waals surface area contributed by atoms with Gasteiger partial charge in [0, 0.05) is 48.9 Å². The molecule has 0 aliphatic carbocycles. The Morgan fingerprint density at radius 2 is 1.98 bits per heavy atom. The minimum absolute atomic E-state index is 0.549. The summed E-state index contributed by atoms with van der Waals surface area (Å²) < 4.78 is 11.5. The zero-order valence-corrected chi connectivity index (χ0v) is 23.7. The van der Waals surface area contributed by atoms with E-state index in [0.29, 0.717) is 18.7 Å². The summed E-state index contributed by atoms with van der Waals surface area (Å²) in [4.78, 5) is 29.0. The molecule has 0 atom stereocenters. The Morgan fingerprint density at radius 1 is 1.10 bits per heavy atom. The molecule has 9 nitrogen and oxygen atoms in total. The fraction of sp³-hybridized carbons (Fsp3) is 0.333. The van der Waals surface area contributed by atoms with Crippen molar-refractivity contribution >= 4 is 39.5 Å². The number of rotatable bonds is 12. The van der Waals surface area contributed by atoms with Gasteiger partial charge in [-0.15, -0.1) is 11.3 Å². The second-order valence-corrected chi connectivity index (χ2v) is 10.7. The van der Waals surface area contributed by atoms with E-state index in [1.165, 1.54) is 4.88 Å². The Labute approximate surface area is 238 Å². The number of hydrogen-bond acceptors (Lipinski definition) is 9. The number of benzene rings is 1. The summed E-state index contributed by atoms with van der Waals surface area (Å²) in [5.41, 5.74) is 4.00. The van der Waals surface area contributed by atoms with Gasteiger partial charge in [0.05, 0.1) is 24.8 Å². The number of anilines is 2. The van der Waals surface area contributed by atoms with Gasteiger partial charge < -0.3 is 20.1 Å². The number of nitrogens with one attached hydrogen (secondary N) is 2. The Morgan fingerprint density at radius 3 is 2.75 bits per heavy atom. The first-order valence-electron chi connectivity index (χ1n) is 13.5. The van der Waals surface area contributed by atoms with Gasteiger partial charge in [-0.2, -0.15) is 0 Å². The maximum absolute atomic E-state index is 11.0. The number of fused-ring (bicyclic) bond motifs is 1. The number of hydrogen-bond donors (Lipinski definition) is 2. The monoisotopic (exact) mass is 558 g/mol. The summed E-state index contributed by atoms with van der Waals surface area (Å²) in [6.07, 6.45) is 10.0. The summed E-state index contributed by atoms with van der Waals surface area (Å²) >= 11 is 1.68. The Balaban J connectivity index is 1.36. The third kappa shape index (κ3) is 7.01. The highest BCUT2D eigenvalue weighted by molar-refractivity contribution is 7.19. The van der Waals surface area contributed by atoms with E-state index < -0.39 is 0 Å². The van der Waals surface area contributed by atoms with Crippen LogP contribution in [0.3, 0.4) is 0 Å². The molecule has 0 saturated carbocycles. The molecule has 1 amide bonds. The van der Waals surface area contributed by atoms with E-state index in [1.54, 1.807) is 23.9 Å². The SMILES string of the molecule is Cc1ccc(Oc2ccc(Nc3ncnc4sc(C/C=C/CN5CCOCC5)c(CCNC=O)c34)cc2C)cn1. The van der Waals surface area contributed by atoms with Crippen LogP contribution < -0.4 is 15.4 Å². The minimum Gasteiger partial charge on any atom is -0.455 e. The number of aryl methyl sites for hydroxylation is 2. The highest BCUT2D eigenvalue weighted by Gasteiger charge is 2.17. The number of nitrogens with zero attached hydrogens (tertiary/aromatic N) is 4. The maximum atomic E-state index is 11.0. The highest BCUT2D eigenvalue weighted by Crippen LogP contribution is 2.36. The molecule has 3 aromatic heterocycles. The number of pyridine rings is 1. The second-order valence-electron chi connectivity index (χ2n) is 9.66. The number of allylic oxidation sites excluding steroid dienone is 1. The number of aromatic nitrogens is 3. The average molecular weight is 559 g/mol. The van der Waals surface area contributed by atoms with Gasteiger partial charge >= 0.3 is 0 Å². The van der Waals surface area contributed by atoms with E-state index in [1.807, 2.05) is 44.2 Å². The largest absolute Gasteiger partial charge is 0.455 e. The number of carbonyl (C=O) groups excluding carboxylic acids is 1. The van der Waals surface area contributed by atoms with Gasteiger partial charge in [0.15, 0.2) is 0 Å². The quantitative estimate of drug-likeness (QED) is 0.143. The van der Waals surface area contributed by atoms with Crippen LogP contribution in [0.2, 0.25) is 0 Å². The fourth-order valence-electron chi connectivity index (χ4n) is 4.63. The molecule has 1 aliphatic rings. The zero-order chi connectivity index (χ0) is 27.7. The number of morpholine rings is 1. The van der Waals surface area contributed by atoms with E-state index in [2.05, 4.69) is 42.6 Å². The standard InChI is InChI=1S/C30H34N6O3S/c1-21-17-23(7-9-26(21)39-24-8-6-22(2)32-18-24)35-29-28-25(10-11-31-20-37)27(40-30(28)34-19-33-29)5-3-4-12-36-13-15-38-16-14-36/h3-4,6-9,17-20H,5,10-16H2,1-2H3,(H,31,37)(H,33,34,35)/b4-3+. The summed E-state index contributed by atoms with van der Waals surface area (Å²) in [6.45, 7) is 8.96. The van der Waals surface area contributed by atoms with Crippen LogP contribution in [-0.2, 0) is 22.4 Å². The summed E-state index contributed by atoms with van der Waals surface area (Å²) in [5, 5.41) is 7.30. The lowest BCUT2D eigenvalue weighted by molar-refractivity contribution is -0.109. The second kappa shape index (κ2) is 13.5. The van der Waals surface area contributed by atoms with Crippen LogP contribution in [0.25, 0.3) is 10.2 Å². The molecule has 0 radical (unpaired) electrons. The molecule has 4 heterocycles. The molecule has 0 spiro atoms. The summed E-state index contributed by atoms with van der Waals surface area (Å²) in [5.74, 6) is 2.22. The van der Waals surface area contributed by atoms with Crippen LogP contribution in [0.4, 0.5) is 11.5 Å². The van der Waals surface area contributed by atoms with Crippen molar-refractivity contribution < 1.29 is 14.3 Å². The molecular formula is C30H34N6O3S. The lowest BCUT2D eigenvalue weighted by Crippen LogP contribution is -2.36. The molecule has 1 aliphatic heterocycles. The van der Waals surface area contributed by atoms with Crippen molar-refractivity contribution in [1.29, 1.82) is 0 Å². The van der Waals surface area contributed by atoms with Gasteiger partial charge in [0.2, 0.25) is 6.41 Å². The van der Waals surface area contributed by atoms with Gasteiger partial charge in [0.1, 0.15) is 28.5 Å². The molecule has 2 N–H and O–H groups in total. The Kier molecular flexibility index (Phi) is 9.33. The number of thiophene rings is 1. The van der Waals surface area contributed by atoms with Crippen molar-refractivity contribution in [3.63, 3.8) is 0 Å². The van der Waals surface area contributed by atoms with E-state index in [-0.39, 0.29) is 0 Å². The first kappa shape index (κ1) is 27.7. The Bertz CT molecular complexity index is 1460. The van der Waals surface area contributed by atoms with Gasteiger partial charge in [-0.1, -0.05) is 12.2 Å². The van der Waals surface area contributed by atoms with Crippen molar-refractivity contribution in [2.24, 2.45) is 0 Å². The van der Waals surface area contributed by atoms with Crippen LogP contribution in [0.15, 0.2) is 55.0 Å². The average Bonchev–Trinajstić information content (AvgIpc) is 3.32. The number of ether oxygens (including phenoxy) is 2. The van der Waals surface area contributed by atoms with Crippen LogP contribution in [0.1, 0.15) is 21.7 Å². The summed E-state index contributed by atoms with van der Waals surface area (Å²) in [6, 6.07) is 9.81. The van der Waals surface area contributed by atoms with Gasteiger partial charge in [-0.3, -0.25) is 14.7 Å². The van der Waals surface area contributed by atoms with Crippen LogP contribution in [0.5, 0.6) is 11.5 Å². The lowest BCUT2D eigenvalue weighted by atomic mass is 10.1. The molecule has 10 heteroatoms. The molecule has 0 unspecified atom stereocenters. The molecule has 0 bridgehead atoms. The zero-order valence-electron chi connectivity index (χ0n) is 22.9. The summed E-state index contributed by atoms with van der Waals surface area (Å²) in [7, 11) is 0. The molecule has 4 aromatic rings. The minimum atomic E-state index is 0.549. The lowest BCUT2D eigenvalue weighted by Gasteiger charge is -2.25. The van der Waals surface area contributed by atoms with Gasteiger partial charge in [0.25, 0.3) is 0 Å². The third-order valence-corrected chi connectivity index (χ3v) is 7.92. The first-order valence-corrected chi connectivity index (χ1v) is 14.3. The third-order valence-electron chi connectivity index (χ3n) is 6.76. The van der Waals surface area contributed by atoms with Crippen LogP contribution >= 0.6 is 11.3 Å².